The van der Waals surface area contributed by atoms with E-state index in [4.69, 9.17) is 9.47 Å². The van der Waals surface area contributed by atoms with Crippen LogP contribution in [0, 0.1) is 0 Å². The average Bonchev–Trinajstić information content (AvgIpc) is 2.64. The molecule has 0 aliphatic carbocycles. The quantitative estimate of drug-likeness (QED) is 0.381. The number of hydrogen-bond donors (Lipinski definition) is 2. The zero-order chi connectivity index (χ0) is 17.2. The van der Waals surface area contributed by atoms with Gasteiger partial charge in [-0.05, 0) is 30.7 Å². The van der Waals surface area contributed by atoms with Crippen molar-refractivity contribution in [2.45, 2.75) is 20.0 Å². The number of halogens is 1. The van der Waals surface area contributed by atoms with Gasteiger partial charge < -0.3 is 20.1 Å². The third-order valence-electron chi connectivity index (χ3n) is 3.56. The van der Waals surface area contributed by atoms with Crippen molar-refractivity contribution >= 4 is 29.9 Å². The van der Waals surface area contributed by atoms with Gasteiger partial charge in [0.2, 0.25) is 0 Å². The molecule has 2 aromatic rings. The highest BCUT2D eigenvalue weighted by molar-refractivity contribution is 14.0. The molecule has 2 rings (SSSR count). The van der Waals surface area contributed by atoms with Crippen molar-refractivity contribution in [3.8, 4) is 11.5 Å². The second kappa shape index (κ2) is 11.6. The number of nitrogens with zero attached hydrogens (tertiary/aromatic N) is 1. The molecule has 6 heteroatoms. The molecule has 0 radical (unpaired) electrons. The Bertz CT molecular complexity index is 660. The van der Waals surface area contributed by atoms with Gasteiger partial charge in [0.05, 0.1) is 13.7 Å². The fraction of sp³-hybridized carbons (Fsp3) is 0.316. The van der Waals surface area contributed by atoms with Crippen LogP contribution >= 0.6 is 24.0 Å². The van der Waals surface area contributed by atoms with Crippen molar-refractivity contribution in [1.82, 2.24) is 10.6 Å². The van der Waals surface area contributed by atoms with Gasteiger partial charge in [-0.1, -0.05) is 30.3 Å². The molecule has 5 nitrogen and oxygen atoms in total. The van der Waals surface area contributed by atoms with Gasteiger partial charge in [-0.15, -0.1) is 24.0 Å². The highest BCUT2D eigenvalue weighted by Crippen LogP contribution is 2.17. The minimum Gasteiger partial charge on any atom is -0.497 e. The average molecular weight is 455 g/mol. The number of ether oxygens (including phenoxy) is 2. The number of para-hydroxylation sites is 1. The first kappa shape index (κ1) is 21.1. The summed E-state index contributed by atoms with van der Waals surface area (Å²) in [5.41, 5.74) is 2.26. The summed E-state index contributed by atoms with van der Waals surface area (Å²) in [6.45, 7) is 3.98. The van der Waals surface area contributed by atoms with Gasteiger partial charge in [0.1, 0.15) is 11.5 Å². The third-order valence-corrected chi connectivity index (χ3v) is 3.56. The summed E-state index contributed by atoms with van der Waals surface area (Å²) in [7, 11) is 3.43. The Kier molecular flexibility index (Phi) is 9.76. The van der Waals surface area contributed by atoms with Gasteiger partial charge in [-0.2, -0.15) is 0 Å². The minimum absolute atomic E-state index is 0. The highest BCUT2D eigenvalue weighted by atomic mass is 127. The van der Waals surface area contributed by atoms with E-state index in [1.807, 2.05) is 49.4 Å². The SMILES string of the molecule is CCOc1ccccc1CNC(=NC)NCc1ccc(OC)cc1.I. The maximum atomic E-state index is 5.64. The van der Waals surface area contributed by atoms with Crippen molar-refractivity contribution < 1.29 is 9.47 Å². The topological polar surface area (TPSA) is 54.9 Å². The molecular formula is C19H26IN3O2. The number of rotatable bonds is 7. The monoisotopic (exact) mass is 455 g/mol. The van der Waals surface area contributed by atoms with E-state index in [0.717, 1.165) is 28.6 Å². The molecule has 0 aliphatic rings. The third kappa shape index (κ3) is 6.81. The molecule has 25 heavy (non-hydrogen) atoms. The molecule has 0 unspecified atom stereocenters. The van der Waals surface area contributed by atoms with Crippen molar-refractivity contribution in [3.05, 3.63) is 59.7 Å². The zero-order valence-electron chi connectivity index (χ0n) is 14.9. The number of hydrogen-bond acceptors (Lipinski definition) is 3. The minimum atomic E-state index is 0. The van der Waals surface area contributed by atoms with Crippen LogP contribution in [0.25, 0.3) is 0 Å². The Morgan fingerprint density at radius 2 is 1.68 bits per heavy atom. The number of benzene rings is 2. The largest absolute Gasteiger partial charge is 0.497 e. The normalized spacial score (nSPS) is 10.6. The van der Waals surface area contributed by atoms with Gasteiger partial charge in [0.15, 0.2) is 5.96 Å². The van der Waals surface area contributed by atoms with Crippen LogP contribution in [-0.2, 0) is 13.1 Å². The summed E-state index contributed by atoms with van der Waals surface area (Å²) in [5.74, 6) is 2.50. The van der Waals surface area contributed by atoms with Crippen LogP contribution in [0.1, 0.15) is 18.1 Å². The van der Waals surface area contributed by atoms with E-state index in [0.29, 0.717) is 19.7 Å². The lowest BCUT2D eigenvalue weighted by Gasteiger charge is -2.14. The molecule has 2 aromatic carbocycles. The number of methoxy groups -OCH3 is 1. The Labute approximate surface area is 166 Å². The summed E-state index contributed by atoms with van der Waals surface area (Å²) >= 11 is 0. The molecule has 2 N–H and O–H groups in total. The smallest absolute Gasteiger partial charge is 0.191 e. The van der Waals surface area contributed by atoms with Crippen LogP contribution in [-0.4, -0.2) is 26.7 Å². The van der Waals surface area contributed by atoms with E-state index in [9.17, 15) is 0 Å². The van der Waals surface area contributed by atoms with Gasteiger partial charge in [0.25, 0.3) is 0 Å². The van der Waals surface area contributed by atoms with Crippen molar-refractivity contribution in [2.24, 2.45) is 4.99 Å². The molecule has 0 fully saturated rings. The Morgan fingerprint density at radius 3 is 2.32 bits per heavy atom. The van der Waals surface area contributed by atoms with Gasteiger partial charge in [-0.3, -0.25) is 4.99 Å². The van der Waals surface area contributed by atoms with Crippen LogP contribution in [0.15, 0.2) is 53.5 Å². The molecular weight excluding hydrogens is 429 g/mol. The number of guanidine groups is 1. The van der Waals surface area contributed by atoms with Gasteiger partial charge in [0, 0.05) is 25.7 Å². The molecule has 136 valence electrons. The van der Waals surface area contributed by atoms with Crippen LogP contribution in [0.5, 0.6) is 11.5 Å². The second-order valence-corrected chi connectivity index (χ2v) is 5.17. The first-order valence-electron chi connectivity index (χ1n) is 8.05. The molecule has 0 spiro atoms. The van der Waals surface area contributed by atoms with Crippen LogP contribution in [0.2, 0.25) is 0 Å². The van der Waals surface area contributed by atoms with E-state index in [1.54, 1.807) is 14.2 Å². The maximum absolute atomic E-state index is 5.64. The predicted octanol–water partition coefficient (Wildman–Crippen LogP) is 3.58. The van der Waals surface area contributed by atoms with E-state index in [1.165, 1.54) is 0 Å². The van der Waals surface area contributed by atoms with Crippen molar-refractivity contribution in [1.29, 1.82) is 0 Å². The molecule has 0 heterocycles. The molecule has 0 amide bonds. The predicted molar refractivity (Wildman–Crippen MR) is 113 cm³/mol. The van der Waals surface area contributed by atoms with E-state index in [2.05, 4.69) is 21.7 Å². The fourth-order valence-electron chi connectivity index (χ4n) is 2.27. The number of nitrogens with one attached hydrogen (secondary N) is 2. The van der Waals surface area contributed by atoms with E-state index < -0.39 is 0 Å². The second-order valence-electron chi connectivity index (χ2n) is 5.17. The first-order valence-corrected chi connectivity index (χ1v) is 8.05. The lowest BCUT2D eigenvalue weighted by atomic mass is 10.2. The molecule has 0 aromatic heterocycles. The highest BCUT2D eigenvalue weighted by Gasteiger charge is 2.04. The Hall–Kier alpha value is -1.96. The summed E-state index contributed by atoms with van der Waals surface area (Å²) in [4.78, 5) is 4.26. The summed E-state index contributed by atoms with van der Waals surface area (Å²) in [6, 6.07) is 16.0. The molecule has 0 atom stereocenters. The lowest BCUT2D eigenvalue weighted by Crippen LogP contribution is -2.36. The van der Waals surface area contributed by atoms with E-state index in [-0.39, 0.29) is 24.0 Å². The van der Waals surface area contributed by atoms with Crippen molar-refractivity contribution in [2.75, 3.05) is 20.8 Å². The number of aliphatic imine (C=N–C) groups is 1. The molecule has 0 saturated heterocycles. The fourth-order valence-corrected chi connectivity index (χ4v) is 2.27. The standard InChI is InChI=1S/C19H25N3O2.HI/c1-4-24-18-8-6-5-7-16(18)14-22-19(20-2)21-13-15-9-11-17(23-3)12-10-15;/h5-12H,4,13-14H2,1-3H3,(H2,20,21,22);1H. The van der Waals surface area contributed by atoms with Gasteiger partial charge >= 0.3 is 0 Å². The zero-order valence-corrected chi connectivity index (χ0v) is 17.2. The van der Waals surface area contributed by atoms with Crippen LogP contribution < -0.4 is 20.1 Å². The van der Waals surface area contributed by atoms with Crippen LogP contribution in [0.4, 0.5) is 0 Å². The van der Waals surface area contributed by atoms with Crippen molar-refractivity contribution in [3.63, 3.8) is 0 Å². The molecule has 0 bridgehead atoms. The van der Waals surface area contributed by atoms with E-state index >= 15 is 0 Å². The lowest BCUT2D eigenvalue weighted by molar-refractivity contribution is 0.336. The molecule has 0 saturated carbocycles. The maximum Gasteiger partial charge on any atom is 0.191 e. The Morgan fingerprint density at radius 1 is 1.00 bits per heavy atom. The summed E-state index contributed by atoms with van der Waals surface area (Å²) in [6.07, 6.45) is 0. The molecule has 0 aliphatic heterocycles. The van der Waals surface area contributed by atoms with Crippen LogP contribution in [0.3, 0.4) is 0 Å². The summed E-state index contributed by atoms with van der Waals surface area (Å²) < 4.78 is 10.8. The first-order chi connectivity index (χ1) is 11.8. The van der Waals surface area contributed by atoms with Gasteiger partial charge in [-0.25, -0.2) is 0 Å². The summed E-state index contributed by atoms with van der Waals surface area (Å²) in [5, 5.41) is 6.61. The Balaban J connectivity index is 0.00000312.